The molecule has 0 atom stereocenters. The summed E-state index contributed by atoms with van der Waals surface area (Å²) in [5, 5.41) is 7.17. The summed E-state index contributed by atoms with van der Waals surface area (Å²) < 4.78 is 11.5. The van der Waals surface area contributed by atoms with Gasteiger partial charge in [-0.2, -0.15) is 0 Å². The lowest BCUT2D eigenvalue weighted by Crippen LogP contribution is -1.98. The van der Waals surface area contributed by atoms with E-state index >= 15 is 0 Å². The lowest BCUT2D eigenvalue weighted by Gasteiger charge is -2.17. The third kappa shape index (κ3) is 4.25. The van der Waals surface area contributed by atoms with Crippen LogP contribution in [0.25, 0.3) is 88.1 Å². The Balaban J connectivity index is 1.17. The highest BCUT2D eigenvalue weighted by atomic mass is 16.3. The van der Waals surface area contributed by atoms with Gasteiger partial charge < -0.3 is 13.6 Å². The molecule has 3 heteroatoms. The molecule has 0 unspecified atom stereocenters. The first-order chi connectivity index (χ1) is 25.3. The summed E-state index contributed by atoms with van der Waals surface area (Å²) in [5.74, 6) is 0. The van der Waals surface area contributed by atoms with Crippen LogP contribution in [0.3, 0.4) is 0 Å². The van der Waals surface area contributed by atoms with Crippen molar-refractivity contribution in [1.29, 1.82) is 0 Å². The van der Waals surface area contributed by atoms with Gasteiger partial charge in [0.1, 0.15) is 5.58 Å². The molecule has 11 rings (SSSR count). The van der Waals surface area contributed by atoms with Crippen LogP contribution in [0, 0.1) is 0 Å². The number of hydrogen-bond acceptors (Lipinski definition) is 1. The number of allylic oxidation sites excluding steroid dienone is 4. The van der Waals surface area contributed by atoms with Crippen molar-refractivity contribution in [3.8, 4) is 11.4 Å². The first-order valence-electron chi connectivity index (χ1n) is 17.7. The summed E-state index contributed by atoms with van der Waals surface area (Å²) in [4.78, 5) is 0. The van der Waals surface area contributed by atoms with Crippen LogP contribution < -0.4 is 0 Å². The van der Waals surface area contributed by atoms with Crippen LogP contribution in [0.15, 0.2) is 174 Å². The molecule has 0 N–H and O–H groups in total. The van der Waals surface area contributed by atoms with Gasteiger partial charge in [0.2, 0.25) is 0 Å². The van der Waals surface area contributed by atoms with Crippen molar-refractivity contribution in [2.24, 2.45) is 0 Å². The van der Waals surface area contributed by atoms with E-state index in [4.69, 9.17) is 4.42 Å². The minimum atomic E-state index is 0.909. The molecule has 3 aromatic heterocycles. The molecule has 240 valence electrons. The number of aromatic nitrogens is 2. The molecule has 3 heterocycles. The number of nitrogens with zero attached hydrogens (tertiary/aromatic N) is 2. The SMILES string of the molecule is C1=C(c2ccccc2)CCC(c2cccc(-n3c4ccccc4c4cc5c6ccc7c8ccccc8oc7c6n(-c6ccccc6)c5cc43)c2)=C1. The van der Waals surface area contributed by atoms with Crippen molar-refractivity contribution in [1.82, 2.24) is 9.13 Å². The number of furan rings is 1. The highest BCUT2D eigenvalue weighted by Crippen LogP contribution is 2.43. The second-order valence-electron chi connectivity index (χ2n) is 13.6. The quantitative estimate of drug-likeness (QED) is 0.186. The van der Waals surface area contributed by atoms with Crippen molar-refractivity contribution in [2.75, 3.05) is 0 Å². The maximum atomic E-state index is 6.67. The molecule has 0 fully saturated rings. The van der Waals surface area contributed by atoms with Gasteiger partial charge in [-0.3, -0.25) is 0 Å². The van der Waals surface area contributed by atoms with E-state index in [1.807, 2.05) is 6.07 Å². The van der Waals surface area contributed by atoms with Crippen molar-refractivity contribution in [2.45, 2.75) is 12.8 Å². The van der Waals surface area contributed by atoms with Gasteiger partial charge in [0.15, 0.2) is 5.58 Å². The van der Waals surface area contributed by atoms with E-state index in [9.17, 15) is 0 Å². The van der Waals surface area contributed by atoms with E-state index in [0.29, 0.717) is 0 Å². The van der Waals surface area contributed by atoms with Crippen LogP contribution in [0.4, 0.5) is 0 Å². The summed E-state index contributed by atoms with van der Waals surface area (Å²) >= 11 is 0. The number of rotatable bonds is 4. The third-order valence-electron chi connectivity index (χ3n) is 10.8. The smallest absolute Gasteiger partial charge is 0.160 e. The molecule has 0 saturated carbocycles. The van der Waals surface area contributed by atoms with E-state index < -0.39 is 0 Å². The Bertz CT molecular complexity index is 3060. The Labute approximate surface area is 294 Å². The van der Waals surface area contributed by atoms with Gasteiger partial charge in [0.05, 0.1) is 22.1 Å². The molecule has 0 radical (unpaired) electrons. The summed E-state index contributed by atoms with van der Waals surface area (Å²) in [7, 11) is 0. The maximum Gasteiger partial charge on any atom is 0.160 e. The average Bonchev–Trinajstić information content (AvgIpc) is 3.85. The van der Waals surface area contributed by atoms with Gasteiger partial charge in [-0.05, 0) is 89.7 Å². The van der Waals surface area contributed by atoms with Gasteiger partial charge in [-0.15, -0.1) is 0 Å². The second-order valence-corrected chi connectivity index (χ2v) is 13.6. The fourth-order valence-electron chi connectivity index (χ4n) is 8.48. The normalized spacial score (nSPS) is 13.6. The molecule has 0 saturated heterocycles. The predicted molar refractivity (Wildman–Crippen MR) is 214 cm³/mol. The standard InChI is InChI=1S/C48H32N2O/c1-3-12-31(13-4-1)32-22-24-33(25-23-32)34-14-11-17-36(28-34)49-43-20-9-7-18-37(43)41-29-42-39-26-27-40-38-19-8-10-21-46(38)51-48(40)47(39)50(45(42)30-44(41)49)35-15-5-2-6-16-35/h1-22,24,26-30H,23,25H2. The van der Waals surface area contributed by atoms with Gasteiger partial charge >= 0.3 is 0 Å². The Morgan fingerprint density at radius 1 is 0.392 bits per heavy atom. The third-order valence-corrected chi connectivity index (χ3v) is 10.8. The first-order valence-corrected chi connectivity index (χ1v) is 17.7. The Hall–Kier alpha value is -6.58. The largest absolute Gasteiger partial charge is 0.454 e. The Morgan fingerprint density at radius 2 is 1.02 bits per heavy atom. The minimum Gasteiger partial charge on any atom is -0.454 e. The zero-order valence-electron chi connectivity index (χ0n) is 27.9. The van der Waals surface area contributed by atoms with Crippen LogP contribution in [0.5, 0.6) is 0 Å². The van der Waals surface area contributed by atoms with Gasteiger partial charge in [0.25, 0.3) is 0 Å². The van der Waals surface area contributed by atoms with E-state index in [2.05, 4.69) is 173 Å². The lowest BCUT2D eigenvalue weighted by molar-refractivity contribution is 0.671. The molecule has 0 bridgehead atoms. The highest BCUT2D eigenvalue weighted by Gasteiger charge is 2.22. The number of fused-ring (bicyclic) bond motifs is 10. The molecule has 0 aliphatic heterocycles. The summed E-state index contributed by atoms with van der Waals surface area (Å²) in [6.45, 7) is 0. The van der Waals surface area contributed by atoms with Crippen LogP contribution >= 0.6 is 0 Å². The highest BCUT2D eigenvalue weighted by molar-refractivity contribution is 6.24. The molecule has 10 aromatic rings. The fourth-order valence-corrected chi connectivity index (χ4v) is 8.48. The van der Waals surface area contributed by atoms with Crippen LogP contribution in [-0.2, 0) is 0 Å². The molecule has 0 amide bonds. The number of hydrogen-bond donors (Lipinski definition) is 0. The Morgan fingerprint density at radius 3 is 1.84 bits per heavy atom. The van der Waals surface area contributed by atoms with Gasteiger partial charge in [-0.1, -0.05) is 115 Å². The summed E-state index contributed by atoms with van der Waals surface area (Å²) in [6.07, 6.45) is 6.68. The van der Waals surface area contributed by atoms with Gasteiger partial charge in [-0.25, -0.2) is 0 Å². The molecule has 51 heavy (non-hydrogen) atoms. The zero-order valence-corrected chi connectivity index (χ0v) is 27.9. The van der Waals surface area contributed by atoms with Crippen LogP contribution in [-0.4, -0.2) is 9.13 Å². The average molecular weight is 653 g/mol. The van der Waals surface area contributed by atoms with Gasteiger partial charge in [0, 0.05) is 43.7 Å². The van der Waals surface area contributed by atoms with E-state index in [0.717, 1.165) is 51.5 Å². The summed E-state index contributed by atoms with van der Waals surface area (Å²) in [6, 6.07) is 57.0. The molecule has 1 aliphatic carbocycles. The molecule has 0 spiro atoms. The second kappa shape index (κ2) is 11.0. The fraction of sp³-hybridized carbons (Fsp3) is 0.0417. The topological polar surface area (TPSA) is 23.0 Å². The summed E-state index contributed by atoms with van der Waals surface area (Å²) in [5.41, 5.74) is 14.1. The number of para-hydroxylation sites is 3. The van der Waals surface area contributed by atoms with E-state index in [-0.39, 0.29) is 0 Å². The maximum absolute atomic E-state index is 6.67. The lowest BCUT2D eigenvalue weighted by atomic mass is 9.90. The van der Waals surface area contributed by atoms with Crippen LogP contribution in [0.2, 0.25) is 0 Å². The van der Waals surface area contributed by atoms with Crippen molar-refractivity contribution in [3.63, 3.8) is 0 Å². The van der Waals surface area contributed by atoms with E-state index in [1.165, 1.54) is 60.5 Å². The molecular formula is C48H32N2O. The minimum absolute atomic E-state index is 0.909. The number of benzene rings is 7. The molecular weight excluding hydrogens is 621 g/mol. The molecule has 1 aliphatic rings. The zero-order chi connectivity index (χ0) is 33.5. The van der Waals surface area contributed by atoms with Crippen molar-refractivity contribution < 1.29 is 4.42 Å². The van der Waals surface area contributed by atoms with Crippen molar-refractivity contribution >= 4 is 76.7 Å². The molecule has 3 nitrogen and oxygen atoms in total. The van der Waals surface area contributed by atoms with E-state index in [1.54, 1.807) is 0 Å². The first kappa shape index (κ1) is 28.3. The monoisotopic (exact) mass is 652 g/mol. The van der Waals surface area contributed by atoms with Crippen LogP contribution in [0.1, 0.15) is 24.0 Å². The Kier molecular flexibility index (Phi) is 6.08. The predicted octanol–water partition coefficient (Wildman–Crippen LogP) is 13.0. The molecule has 7 aromatic carbocycles. The van der Waals surface area contributed by atoms with Crippen molar-refractivity contribution in [3.05, 3.63) is 181 Å².